The van der Waals surface area contributed by atoms with Crippen molar-refractivity contribution in [3.8, 4) is 11.4 Å². The number of nitrogens with one attached hydrogen (secondary N) is 1. The average Bonchev–Trinajstić information content (AvgIpc) is 3.25. The summed E-state index contributed by atoms with van der Waals surface area (Å²) in [5.41, 5.74) is 0.411. The van der Waals surface area contributed by atoms with Crippen molar-refractivity contribution >= 4 is 22.4 Å². The first-order valence-corrected chi connectivity index (χ1v) is 10.6. The number of rotatable bonds is 4. The molecule has 0 saturated carbocycles. The molecule has 1 N–H and O–H groups in total. The van der Waals surface area contributed by atoms with Crippen molar-refractivity contribution in [3.63, 3.8) is 0 Å². The van der Waals surface area contributed by atoms with E-state index < -0.39 is 17.6 Å². The van der Waals surface area contributed by atoms with Gasteiger partial charge in [-0.25, -0.2) is 9.37 Å². The zero-order chi connectivity index (χ0) is 23.9. The minimum absolute atomic E-state index is 0.249. The van der Waals surface area contributed by atoms with E-state index in [9.17, 15) is 17.6 Å². The van der Waals surface area contributed by atoms with E-state index in [-0.39, 0.29) is 11.9 Å². The Morgan fingerprint density at radius 3 is 2.53 bits per heavy atom. The molecular formula is C22H20F4N8. The number of aryl methyl sites for hydroxylation is 1. The van der Waals surface area contributed by atoms with Crippen molar-refractivity contribution in [3.05, 3.63) is 54.4 Å². The van der Waals surface area contributed by atoms with Crippen LogP contribution in [-0.2, 0) is 13.2 Å². The number of anilines is 2. The third kappa shape index (κ3) is 4.11. The molecule has 0 amide bonds. The summed E-state index contributed by atoms with van der Waals surface area (Å²) in [7, 11) is 1.83. The van der Waals surface area contributed by atoms with Crippen LogP contribution in [0.4, 0.5) is 29.2 Å². The molecule has 1 aliphatic heterocycles. The van der Waals surface area contributed by atoms with Crippen LogP contribution in [0.2, 0.25) is 0 Å². The molecule has 4 aromatic rings. The fourth-order valence-corrected chi connectivity index (χ4v) is 4.21. The highest BCUT2D eigenvalue weighted by Crippen LogP contribution is 2.36. The summed E-state index contributed by atoms with van der Waals surface area (Å²) >= 11 is 0. The Hall–Kier alpha value is -3.83. The molecule has 1 saturated heterocycles. The number of hydrogen-bond donors (Lipinski definition) is 1. The molecule has 8 nitrogen and oxygen atoms in total. The van der Waals surface area contributed by atoms with Crippen LogP contribution in [0.3, 0.4) is 0 Å². The van der Waals surface area contributed by atoms with E-state index in [0.29, 0.717) is 43.5 Å². The van der Waals surface area contributed by atoms with Crippen molar-refractivity contribution in [2.45, 2.75) is 25.1 Å². The summed E-state index contributed by atoms with van der Waals surface area (Å²) in [5.74, 6) is -0.716. The van der Waals surface area contributed by atoms with Gasteiger partial charge in [-0.1, -0.05) is 0 Å². The smallest absolute Gasteiger partial charge is 0.367 e. The predicted molar refractivity (Wildman–Crippen MR) is 118 cm³/mol. The highest BCUT2D eigenvalue weighted by atomic mass is 19.4. The van der Waals surface area contributed by atoms with Crippen LogP contribution in [0.1, 0.15) is 18.4 Å². The molecule has 5 rings (SSSR count). The molecular weight excluding hydrogens is 452 g/mol. The largest absolute Gasteiger partial charge is 0.420 e. The molecule has 0 radical (unpaired) electrons. The van der Waals surface area contributed by atoms with Crippen molar-refractivity contribution < 1.29 is 17.6 Å². The van der Waals surface area contributed by atoms with Gasteiger partial charge in [0.1, 0.15) is 22.9 Å². The van der Waals surface area contributed by atoms with Crippen LogP contribution in [0, 0.1) is 5.82 Å². The Balaban J connectivity index is 1.36. The van der Waals surface area contributed by atoms with Crippen molar-refractivity contribution in [1.29, 1.82) is 0 Å². The number of nitrogens with zero attached hydrogens (tertiary/aromatic N) is 7. The van der Waals surface area contributed by atoms with Gasteiger partial charge >= 0.3 is 6.18 Å². The maximum absolute atomic E-state index is 13.3. The number of fused-ring (bicyclic) bond motifs is 1. The molecule has 1 fully saturated rings. The topological polar surface area (TPSA) is 84.7 Å². The number of aromatic nitrogens is 6. The molecule has 0 aromatic carbocycles. The van der Waals surface area contributed by atoms with Crippen LogP contribution in [0.15, 0.2) is 43.0 Å². The summed E-state index contributed by atoms with van der Waals surface area (Å²) in [6.45, 7) is 1.09. The number of pyridine rings is 2. The Labute approximate surface area is 191 Å². The first-order chi connectivity index (χ1) is 16.3. The van der Waals surface area contributed by atoms with Crippen molar-refractivity contribution in [1.82, 2.24) is 29.9 Å². The van der Waals surface area contributed by atoms with Gasteiger partial charge < -0.3 is 10.2 Å². The molecule has 12 heteroatoms. The summed E-state index contributed by atoms with van der Waals surface area (Å²) in [6, 6.07) is 3.95. The van der Waals surface area contributed by atoms with Gasteiger partial charge in [-0.2, -0.15) is 18.3 Å². The third-order valence-corrected chi connectivity index (χ3v) is 5.92. The first-order valence-electron chi connectivity index (χ1n) is 10.6. The molecule has 5 heterocycles. The summed E-state index contributed by atoms with van der Waals surface area (Å²) in [6.07, 6.45) is 2.29. The normalized spacial score (nSPS) is 15.1. The molecule has 0 bridgehead atoms. The van der Waals surface area contributed by atoms with Gasteiger partial charge in [-0.05, 0) is 31.0 Å². The van der Waals surface area contributed by atoms with Crippen LogP contribution < -0.4 is 10.2 Å². The van der Waals surface area contributed by atoms with Gasteiger partial charge in [0.15, 0.2) is 5.82 Å². The van der Waals surface area contributed by atoms with Crippen molar-refractivity contribution in [2.24, 2.45) is 7.05 Å². The van der Waals surface area contributed by atoms with E-state index >= 15 is 0 Å². The van der Waals surface area contributed by atoms with Gasteiger partial charge in [0.25, 0.3) is 0 Å². The fraction of sp³-hybridized carbons (Fsp3) is 0.318. The van der Waals surface area contributed by atoms with E-state index in [0.717, 1.165) is 22.7 Å². The number of alkyl halides is 3. The van der Waals surface area contributed by atoms with Gasteiger partial charge in [0.2, 0.25) is 0 Å². The minimum atomic E-state index is -4.70. The standard InChI is InChI=1S/C22H20F4N8/c1-33-18(3-7-29-33)19-15-2-6-27-12-16(15)21(32-31-19)34-8-4-14(5-9-34)30-20-17(22(24,25)26)10-13(23)11-28-20/h2-3,6-7,10-12,14H,4-5,8-9H2,1H3,(H,28,30). The lowest BCUT2D eigenvalue weighted by Crippen LogP contribution is -2.40. The Kier molecular flexibility index (Phi) is 5.50. The second kappa shape index (κ2) is 8.50. The van der Waals surface area contributed by atoms with E-state index in [4.69, 9.17) is 0 Å². The molecule has 0 aliphatic carbocycles. The molecule has 0 atom stereocenters. The minimum Gasteiger partial charge on any atom is -0.367 e. The molecule has 0 spiro atoms. The van der Waals surface area contributed by atoms with Gasteiger partial charge in [0, 0.05) is 55.5 Å². The second-order valence-electron chi connectivity index (χ2n) is 8.09. The predicted octanol–water partition coefficient (Wildman–Crippen LogP) is 4.06. The van der Waals surface area contributed by atoms with Gasteiger partial charge in [-0.3, -0.25) is 9.67 Å². The fourth-order valence-electron chi connectivity index (χ4n) is 4.21. The van der Waals surface area contributed by atoms with E-state index in [1.165, 1.54) is 0 Å². The lowest BCUT2D eigenvalue weighted by Gasteiger charge is -2.34. The third-order valence-electron chi connectivity index (χ3n) is 5.92. The van der Waals surface area contributed by atoms with Crippen molar-refractivity contribution in [2.75, 3.05) is 23.3 Å². The second-order valence-corrected chi connectivity index (χ2v) is 8.09. The van der Waals surface area contributed by atoms with Crippen LogP contribution in [0.5, 0.6) is 0 Å². The SMILES string of the molecule is Cn1nccc1-c1nnc(N2CCC(Nc3ncc(F)cc3C(F)(F)F)CC2)c2cnccc12. The maximum atomic E-state index is 13.3. The molecule has 0 unspecified atom stereocenters. The van der Waals surface area contributed by atoms with Gasteiger partial charge in [0.05, 0.1) is 11.9 Å². The van der Waals surface area contributed by atoms with E-state index in [1.807, 2.05) is 24.1 Å². The summed E-state index contributed by atoms with van der Waals surface area (Å²) in [5, 5.41) is 17.7. The summed E-state index contributed by atoms with van der Waals surface area (Å²) < 4.78 is 54.9. The Morgan fingerprint density at radius 2 is 1.82 bits per heavy atom. The van der Waals surface area contributed by atoms with Crippen LogP contribution >= 0.6 is 0 Å². The van der Waals surface area contributed by atoms with Gasteiger partial charge in [-0.15, -0.1) is 10.2 Å². The zero-order valence-electron chi connectivity index (χ0n) is 18.1. The molecule has 176 valence electrons. The van der Waals surface area contributed by atoms with E-state index in [2.05, 4.69) is 30.6 Å². The molecule has 34 heavy (non-hydrogen) atoms. The first kappa shape index (κ1) is 22.0. The van der Waals surface area contributed by atoms with E-state index in [1.54, 1.807) is 23.3 Å². The maximum Gasteiger partial charge on any atom is 0.420 e. The lowest BCUT2D eigenvalue weighted by molar-refractivity contribution is -0.137. The summed E-state index contributed by atoms with van der Waals surface area (Å²) in [4.78, 5) is 9.94. The average molecular weight is 472 g/mol. The monoisotopic (exact) mass is 472 g/mol. The Morgan fingerprint density at radius 1 is 1.03 bits per heavy atom. The van der Waals surface area contributed by atoms with Crippen LogP contribution in [0.25, 0.3) is 22.2 Å². The number of hydrogen-bond acceptors (Lipinski definition) is 7. The molecule has 4 aromatic heterocycles. The lowest BCUT2D eigenvalue weighted by atomic mass is 10.0. The highest BCUT2D eigenvalue weighted by molar-refractivity contribution is 5.99. The highest BCUT2D eigenvalue weighted by Gasteiger charge is 2.36. The number of halogens is 4. The number of piperidine rings is 1. The Bertz CT molecular complexity index is 1330. The van der Waals surface area contributed by atoms with Crippen LogP contribution in [-0.4, -0.2) is 49.1 Å². The molecule has 1 aliphatic rings. The quantitative estimate of drug-likeness (QED) is 0.449. The zero-order valence-corrected chi connectivity index (χ0v) is 18.1.